The second-order valence-electron chi connectivity index (χ2n) is 7.62. The summed E-state index contributed by atoms with van der Waals surface area (Å²) < 4.78 is 0. The van der Waals surface area contributed by atoms with Crippen LogP contribution in [0.3, 0.4) is 0 Å². The predicted octanol–water partition coefficient (Wildman–Crippen LogP) is 0.125. The molecule has 0 aliphatic carbocycles. The number of nitrogens with one attached hydrogen (secondary N) is 1. The number of carbonyl (C=O) groups is 2. The summed E-state index contributed by atoms with van der Waals surface area (Å²) in [6.07, 6.45) is 6.32. The zero-order valence-electron chi connectivity index (χ0n) is 17.3. The highest BCUT2D eigenvalue weighted by Crippen LogP contribution is 2.16. The molecule has 1 atom stereocenters. The fourth-order valence-electron chi connectivity index (χ4n) is 3.82. The van der Waals surface area contributed by atoms with Gasteiger partial charge in [0.25, 0.3) is 11.8 Å². The average Bonchev–Trinajstić information content (AvgIpc) is 2.78. The highest BCUT2D eigenvalue weighted by molar-refractivity contribution is 5.92. The molecule has 2 aromatic rings. The van der Waals surface area contributed by atoms with Gasteiger partial charge in [0, 0.05) is 46.0 Å². The molecule has 0 bridgehead atoms. The summed E-state index contributed by atoms with van der Waals surface area (Å²) in [5, 5.41) is 4.07. The summed E-state index contributed by atoms with van der Waals surface area (Å²) >= 11 is 0. The number of hydrogen-bond acceptors (Lipinski definition) is 6. The largest absolute Gasteiger partial charge is 0.368 e. The highest BCUT2D eigenvalue weighted by atomic mass is 16.2. The van der Waals surface area contributed by atoms with Crippen molar-refractivity contribution < 1.29 is 9.59 Å². The van der Waals surface area contributed by atoms with Crippen LogP contribution in [0.2, 0.25) is 0 Å². The van der Waals surface area contributed by atoms with Crippen LogP contribution in [0, 0.1) is 5.92 Å². The molecule has 4 rings (SSSR count). The molecule has 2 aromatic heterocycles. The van der Waals surface area contributed by atoms with Crippen LogP contribution in [0.4, 0.5) is 5.69 Å². The minimum atomic E-state index is -0.179. The zero-order valence-corrected chi connectivity index (χ0v) is 17.3. The Balaban J connectivity index is 1.38. The van der Waals surface area contributed by atoms with Gasteiger partial charge >= 0.3 is 0 Å². The van der Waals surface area contributed by atoms with Crippen LogP contribution in [-0.2, 0) is 11.3 Å². The minimum absolute atomic E-state index is 0.0754. The molecule has 1 unspecified atom stereocenters. The molecule has 2 amide bonds. The molecule has 156 valence electrons. The number of hydrogen-bond donors (Lipinski definition) is 1. The molecule has 2 aliphatic rings. The summed E-state index contributed by atoms with van der Waals surface area (Å²) in [4.78, 5) is 41.4. The van der Waals surface area contributed by atoms with Gasteiger partial charge in [-0.3, -0.25) is 19.5 Å². The Hall–Kier alpha value is -3.13. The van der Waals surface area contributed by atoms with Gasteiger partial charge in [-0.2, -0.15) is 0 Å². The van der Waals surface area contributed by atoms with Crippen LogP contribution in [-0.4, -0.2) is 59.9 Å². The fraction of sp³-hybridized carbons (Fsp3) is 0.409. The van der Waals surface area contributed by atoms with Gasteiger partial charge in [-0.25, -0.2) is 9.98 Å². The standard InChI is InChI=1S/C22H26N6O2/c1-3-16-11-19-20(26-21(16)29)10-15(12-24-19)14-27-6-8-28(9-7-27)17-4-5-18(25-13-17)22(30)23-2/h4-5,10-13,16H,3,6-9,14H2,1-2H3,(H,23,30). The van der Waals surface area contributed by atoms with E-state index in [2.05, 4.69) is 30.1 Å². The third-order valence-corrected chi connectivity index (χ3v) is 5.65. The normalized spacial score (nSPS) is 18.9. The van der Waals surface area contributed by atoms with E-state index in [0.717, 1.165) is 55.7 Å². The number of pyridine rings is 2. The van der Waals surface area contributed by atoms with Gasteiger partial charge in [-0.05, 0) is 36.3 Å². The van der Waals surface area contributed by atoms with E-state index >= 15 is 0 Å². The number of anilines is 1. The van der Waals surface area contributed by atoms with Gasteiger partial charge in [0.05, 0.1) is 28.5 Å². The van der Waals surface area contributed by atoms with Crippen molar-refractivity contribution in [2.75, 3.05) is 38.1 Å². The lowest BCUT2D eigenvalue weighted by Gasteiger charge is -2.36. The van der Waals surface area contributed by atoms with E-state index in [1.165, 1.54) is 0 Å². The van der Waals surface area contributed by atoms with Crippen LogP contribution >= 0.6 is 0 Å². The van der Waals surface area contributed by atoms with Crippen molar-refractivity contribution in [3.63, 3.8) is 0 Å². The van der Waals surface area contributed by atoms with Crippen molar-refractivity contribution >= 4 is 23.6 Å². The first-order valence-electron chi connectivity index (χ1n) is 10.3. The first kappa shape index (κ1) is 20.2. The number of piperazine rings is 1. The molecule has 30 heavy (non-hydrogen) atoms. The molecule has 1 fully saturated rings. The van der Waals surface area contributed by atoms with Crippen LogP contribution in [0.15, 0.2) is 35.6 Å². The number of aromatic nitrogens is 2. The van der Waals surface area contributed by atoms with E-state index in [-0.39, 0.29) is 17.7 Å². The number of rotatable bonds is 5. The second-order valence-corrected chi connectivity index (χ2v) is 7.62. The molecule has 2 aliphatic heterocycles. The monoisotopic (exact) mass is 406 g/mol. The van der Waals surface area contributed by atoms with Gasteiger partial charge in [0.1, 0.15) is 5.69 Å². The predicted molar refractivity (Wildman–Crippen MR) is 113 cm³/mol. The Morgan fingerprint density at radius 3 is 2.63 bits per heavy atom. The van der Waals surface area contributed by atoms with Crippen molar-refractivity contribution in [1.82, 2.24) is 20.2 Å². The number of nitrogens with zero attached hydrogens (tertiary/aromatic N) is 5. The molecule has 8 nitrogen and oxygen atoms in total. The van der Waals surface area contributed by atoms with Crippen LogP contribution < -0.4 is 20.9 Å². The van der Waals surface area contributed by atoms with Crippen molar-refractivity contribution in [3.8, 4) is 0 Å². The lowest BCUT2D eigenvalue weighted by atomic mass is 10.0. The molecule has 8 heteroatoms. The first-order chi connectivity index (χ1) is 14.6. The van der Waals surface area contributed by atoms with Gasteiger partial charge in [0.15, 0.2) is 0 Å². The SMILES string of the molecule is CCC1C=c2ncc(CN3CCN(c4ccc(C(=O)NC)nc4)CC3)cc2=NC1=O. The summed E-state index contributed by atoms with van der Waals surface area (Å²) in [5.74, 6) is -0.404. The molecule has 1 saturated heterocycles. The van der Waals surface area contributed by atoms with E-state index in [1.54, 1.807) is 19.3 Å². The topological polar surface area (TPSA) is 90.8 Å². The summed E-state index contributed by atoms with van der Waals surface area (Å²) in [6.45, 7) is 6.36. The third-order valence-electron chi connectivity index (χ3n) is 5.65. The first-order valence-corrected chi connectivity index (χ1v) is 10.3. The third kappa shape index (κ3) is 4.23. The Morgan fingerprint density at radius 1 is 1.17 bits per heavy atom. The Morgan fingerprint density at radius 2 is 1.97 bits per heavy atom. The Labute approximate surface area is 175 Å². The molecular weight excluding hydrogens is 380 g/mol. The maximum atomic E-state index is 12.1. The lowest BCUT2D eigenvalue weighted by molar-refractivity contribution is -0.120. The smallest absolute Gasteiger partial charge is 0.269 e. The molecule has 0 aromatic carbocycles. The van der Waals surface area contributed by atoms with Gasteiger partial charge < -0.3 is 10.2 Å². The van der Waals surface area contributed by atoms with Crippen molar-refractivity contribution in [3.05, 3.63) is 52.6 Å². The van der Waals surface area contributed by atoms with Crippen molar-refractivity contribution in [2.45, 2.75) is 19.9 Å². The molecule has 4 heterocycles. The Bertz CT molecular complexity index is 1060. The average molecular weight is 406 g/mol. The number of carbonyl (C=O) groups excluding carboxylic acids is 2. The van der Waals surface area contributed by atoms with Crippen LogP contribution in [0.5, 0.6) is 0 Å². The van der Waals surface area contributed by atoms with Gasteiger partial charge in [0.2, 0.25) is 0 Å². The van der Waals surface area contributed by atoms with E-state index in [4.69, 9.17) is 0 Å². The van der Waals surface area contributed by atoms with Crippen molar-refractivity contribution in [2.24, 2.45) is 10.9 Å². The Kier molecular flexibility index (Phi) is 5.85. The number of amides is 2. The maximum absolute atomic E-state index is 12.1. The van der Waals surface area contributed by atoms with E-state index in [0.29, 0.717) is 11.1 Å². The second kappa shape index (κ2) is 8.71. The fourth-order valence-corrected chi connectivity index (χ4v) is 3.82. The maximum Gasteiger partial charge on any atom is 0.269 e. The summed E-state index contributed by atoms with van der Waals surface area (Å²) in [7, 11) is 1.60. The van der Waals surface area contributed by atoms with Crippen LogP contribution in [0.25, 0.3) is 6.08 Å². The van der Waals surface area contributed by atoms with Gasteiger partial charge in [-0.1, -0.05) is 6.92 Å². The molecule has 0 saturated carbocycles. The van der Waals surface area contributed by atoms with Gasteiger partial charge in [-0.15, -0.1) is 0 Å². The highest BCUT2D eigenvalue weighted by Gasteiger charge is 2.20. The summed E-state index contributed by atoms with van der Waals surface area (Å²) in [5.41, 5.74) is 2.51. The summed E-state index contributed by atoms with van der Waals surface area (Å²) in [6, 6.07) is 5.68. The molecule has 0 spiro atoms. The number of fused-ring (bicyclic) bond motifs is 1. The quantitative estimate of drug-likeness (QED) is 0.759. The zero-order chi connectivity index (χ0) is 21.1. The molecule has 0 radical (unpaired) electrons. The molecule has 1 N–H and O–H groups in total. The van der Waals surface area contributed by atoms with E-state index < -0.39 is 0 Å². The van der Waals surface area contributed by atoms with E-state index in [9.17, 15) is 9.59 Å². The minimum Gasteiger partial charge on any atom is -0.368 e. The van der Waals surface area contributed by atoms with Crippen LogP contribution in [0.1, 0.15) is 29.4 Å². The van der Waals surface area contributed by atoms with Crippen molar-refractivity contribution in [1.29, 1.82) is 0 Å². The lowest BCUT2D eigenvalue weighted by Crippen LogP contribution is -2.46. The molecular formula is C22H26N6O2. The van der Waals surface area contributed by atoms with E-state index in [1.807, 2.05) is 31.3 Å².